The predicted octanol–water partition coefficient (Wildman–Crippen LogP) is 5.80. The van der Waals surface area contributed by atoms with E-state index in [4.69, 9.17) is 0 Å². The average Bonchev–Trinajstić information content (AvgIpc) is 2.47. The molecule has 0 radical (unpaired) electrons. The molecule has 2 aromatic carbocycles. The van der Waals surface area contributed by atoms with Crippen molar-refractivity contribution in [3.8, 4) is 5.75 Å². The van der Waals surface area contributed by atoms with E-state index in [1.54, 1.807) is 0 Å². The third-order valence-electron chi connectivity index (χ3n) is 3.52. The second kappa shape index (κ2) is 6.53. The van der Waals surface area contributed by atoms with E-state index < -0.39 is 0 Å². The standard InChI is InChI=1S/C18H22N2O/c1-5-14-8-6-7-9-16(14)19-20-17-11-13(4)10-15(12(2)3)18(17)21/h6-12,21H,5H2,1-4H3. The van der Waals surface area contributed by atoms with E-state index in [0.717, 1.165) is 28.8 Å². The summed E-state index contributed by atoms with van der Waals surface area (Å²) >= 11 is 0. The number of hydrogen-bond donors (Lipinski definition) is 1. The fourth-order valence-corrected chi connectivity index (χ4v) is 2.32. The molecule has 3 nitrogen and oxygen atoms in total. The van der Waals surface area contributed by atoms with Crippen molar-refractivity contribution in [2.75, 3.05) is 0 Å². The van der Waals surface area contributed by atoms with Gasteiger partial charge in [-0.05, 0) is 48.1 Å². The third-order valence-corrected chi connectivity index (χ3v) is 3.52. The molecule has 0 unspecified atom stereocenters. The number of benzene rings is 2. The number of phenols is 1. The molecule has 0 atom stereocenters. The summed E-state index contributed by atoms with van der Waals surface area (Å²) in [5, 5.41) is 18.9. The summed E-state index contributed by atoms with van der Waals surface area (Å²) in [4.78, 5) is 0. The molecule has 0 aromatic heterocycles. The van der Waals surface area contributed by atoms with Crippen LogP contribution in [0.25, 0.3) is 0 Å². The zero-order chi connectivity index (χ0) is 15.4. The molecule has 21 heavy (non-hydrogen) atoms. The lowest BCUT2D eigenvalue weighted by molar-refractivity contribution is 0.466. The van der Waals surface area contributed by atoms with Crippen molar-refractivity contribution in [1.82, 2.24) is 0 Å². The summed E-state index contributed by atoms with van der Waals surface area (Å²) in [6.07, 6.45) is 0.909. The molecular weight excluding hydrogens is 260 g/mol. The molecule has 2 rings (SSSR count). The molecule has 3 heteroatoms. The van der Waals surface area contributed by atoms with Crippen LogP contribution in [-0.2, 0) is 6.42 Å². The van der Waals surface area contributed by atoms with Gasteiger partial charge >= 0.3 is 0 Å². The highest BCUT2D eigenvalue weighted by Crippen LogP contribution is 2.37. The van der Waals surface area contributed by atoms with Crippen LogP contribution in [0.1, 0.15) is 43.4 Å². The molecule has 0 bridgehead atoms. The van der Waals surface area contributed by atoms with Gasteiger partial charge in [0.25, 0.3) is 0 Å². The molecule has 1 N–H and O–H groups in total. The zero-order valence-corrected chi connectivity index (χ0v) is 13.1. The Kier molecular flexibility index (Phi) is 4.73. The number of aromatic hydroxyl groups is 1. The van der Waals surface area contributed by atoms with Crippen LogP contribution in [0.3, 0.4) is 0 Å². The minimum absolute atomic E-state index is 0.230. The molecule has 0 saturated carbocycles. The van der Waals surface area contributed by atoms with Gasteiger partial charge in [0.1, 0.15) is 11.4 Å². The van der Waals surface area contributed by atoms with Crippen molar-refractivity contribution < 1.29 is 5.11 Å². The van der Waals surface area contributed by atoms with Crippen molar-refractivity contribution in [1.29, 1.82) is 0 Å². The second-order valence-corrected chi connectivity index (χ2v) is 5.56. The van der Waals surface area contributed by atoms with Gasteiger partial charge in [0.2, 0.25) is 0 Å². The smallest absolute Gasteiger partial charge is 0.146 e. The molecule has 0 spiro atoms. The van der Waals surface area contributed by atoms with Gasteiger partial charge in [0.15, 0.2) is 0 Å². The Morgan fingerprint density at radius 3 is 2.38 bits per heavy atom. The Balaban J connectivity index is 2.41. The number of nitrogens with zero attached hydrogens (tertiary/aromatic N) is 2. The number of aryl methyl sites for hydroxylation is 2. The van der Waals surface area contributed by atoms with Gasteiger partial charge in [0, 0.05) is 0 Å². The molecule has 0 aliphatic carbocycles. The van der Waals surface area contributed by atoms with E-state index in [9.17, 15) is 5.11 Å². The Morgan fingerprint density at radius 2 is 1.71 bits per heavy atom. The molecule has 0 fully saturated rings. The molecular formula is C18H22N2O. The average molecular weight is 282 g/mol. The normalized spacial score (nSPS) is 11.5. The van der Waals surface area contributed by atoms with Crippen molar-refractivity contribution in [3.05, 3.63) is 53.1 Å². The van der Waals surface area contributed by atoms with Gasteiger partial charge in [-0.2, -0.15) is 5.11 Å². The lowest BCUT2D eigenvalue weighted by atomic mass is 9.99. The molecule has 2 aromatic rings. The Hall–Kier alpha value is -2.16. The predicted molar refractivity (Wildman–Crippen MR) is 86.9 cm³/mol. The first-order chi connectivity index (χ1) is 10.0. The molecule has 110 valence electrons. The van der Waals surface area contributed by atoms with E-state index in [1.807, 2.05) is 43.3 Å². The highest BCUT2D eigenvalue weighted by atomic mass is 16.3. The van der Waals surface area contributed by atoms with Crippen LogP contribution in [0.2, 0.25) is 0 Å². The first kappa shape index (κ1) is 15.2. The first-order valence-electron chi connectivity index (χ1n) is 7.36. The maximum Gasteiger partial charge on any atom is 0.146 e. The SMILES string of the molecule is CCc1ccccc1N=Nc1cc(C)cc(C(C)C)c1O. The van der Waals surface area contributed by atoms with Crippen LogP contribution in [0.5, 0.6) is 5.75 Å². The fourth-order valence-electron chi connectivity index (χ4n) is 2.32. The van der Waals surface area contributed by atoms with E-state index in [-0.39, 0.29) is 11.7 Å². The zero-order valence-electron chi connectivity index (χ0n) is 13.1. The van der Waals surface area contributed by atoms with Gasteiger partial charge in [0.05, 0.1) is 5.69 Å². The largest absolute Gasteiger partial charge is 0.505 e. The summed E-state index contributed by atoms with van der Waals surface area (Å²) in [5.74, 6) is 0.482. The van der Waals surface area contributed by atoms with Crippen molar-refractivity contribution in [2.24, 2.45) is 10.2 Å². The lowest BCUT2D eigenvalue weighted by Crippen LogP contribution is -1.89. The number of phenolic OH excluding ortho intramolecular Hbond substituents is 1. The van der Waals surface area contributed by atoms with Crippen LogP contribution in [0.4, 0.5) is 11.4 Å². The maximum atomic E-state index is 10.3. The molecule has 0 heterocycles. The second-order valence-electron chi connectivity index (χ2n) is 5.56. The monoisotopic (exact) mass is 282 g/mol. The summed E-state index contributed by atoms with van der Waals surface area (Å²) in [6.45, 7) is 8.21. The molecule has 0 saturated heterocycles. The minimum Gasteiger partial charge on any atom is -0.505 e. The first-order valence-corrected chi connectivity index (χ1v) is 7.36. The van der Waals surface area contributed by atoms with Crippen LogP contribution in [-0.4, -0.2) is 5.11 Å². The quantitative estimate of drug-likeness (QED) is 0.707. The minimum atomic E-state index is 0.230. The topological polar surface area (TPSA) is 45.0 Å². The number of rotatable bonds is 4. The fraction of sp³-hybridized carbons (Fsp3) is 0.333. The van der Waals surface area contributed by atoms with Crippen molar-refractivity contribution in [3.63, 3.8) is 0 Å². The van der Waals surface area contributed by atoms with E-state index in [0.29, 0.717) is 5.69 Å². The number of azo groups is 1. The van der Waals surface area contributed by atoms with Crippen LogP contribution < -0.4 is 0 Å². The van der Waals surface area contributed by atoms with E-state index in [2.05, 4.69) is 31.0 Å². The molecule has 0 aliphatic heterocycles. The lowest BCUT2D eigenvalue weighted by Gasteiger charge is -2.11. The van der Waals surface area contributed by atoms with Crippen LogP contribution in [0, 0.1) is 6.92 Å². The Bertz CT molecular complexity index is 660. The highest BCUT2D eigenvalue weighted by Gasteiger charge is 2.11. The highest BCUT2D eigenvalue weighted by molar-refractivity contribution is 5.58. The maximum absolute atomic E-state index is 10.3. The van der Waals surface area contributed by atoms with E-state index >= 15 is 0 Å². The summed E-state index contributed by atoms with van der Waals surface area (Å²) < 4.78 is 0. The number of hydrogen-bond acceptors (Lipinski definition) is 3. The molecule has 0 amide bonds. The van der Waals surface area contributed by atoms with Crippen LogP contribution >= 0.6 is 0 Å². The van der Waals surface area contributed by atoms with Crippen LogP contribution in [0.15, 0.2) is 46.6 Å². The summed E-state index contributed by atoms with van der Waals surface area (Å²) in [7, 11) is 0. The third kappa shape index (κ3) is 3.48. The van der Waals surface area contributed by atoms with Gasteiger partial charge in [-0.15, -0.1) is 5.11 Å². The Morgan fingerprint density at radius 1 is 1.05 bits per heavy atom. The summed E-state index contributed by atoms with van der Waals surface area (Å²) in [6, 6.07) is 11.8. The van der Waals surface area contributed by atoms with E-state index in [1.165, 1.54) is 0 Å². The van der Waals surface area contributed by atoms with Gasteiger partial charge in [-0.3, -0.25) is 0 Å². The Labute approximate surface area is 126 Å². The van der Waals surface area contributed by atoms with Crippen molar-refractivity contribution >= 4 is 11.4 Å². The van der Waals surface area contributed by atoms with Crippen molar-refractivity contribution in [2.45, 2.75) is 40.0 Å². The van der Waals surface area contributed by atoms with Gasteiger partial charge < -0.3 is 5.11 Å². The molecule has 0 aliphatic rings. The van der Waals surface area contributed by atoms with Gasteiger partial charge in [-0.25, -0.2) is 0 Å². The summed E-state index contributed by atoms with van der Waals surface area (Å²) in [5.41, 5.74) is 4.52. The van der Waals surface area contributed by atoms with Gasteiger partial charge in [-0.1, -0.05) is 45.0 Å².